The lowest BCUT2D eigenvalue weighted by molar-refractivity contribution is -0.149. The number of carbonyl (C=O) groups is 1. The number of nitrogens with zero attached hydrogens (tertiary/aromatic N) is 7. The van der Waals surface area contributed by atoms with Crippen LogP contribution in [0.1, 0.15) is 391 Å². The molecule has 0 amide bonds. The number of rotatable bonds is 14. The van der Waals surface area contributed by atoms with E-state index in [9.17, 15) is 4.79 Å². The van der Waals surface area contributed by atoms with Gasteiger partial charge in [0.1, 0.15) is 6.73 Å². The van der Waals surface area contributed by atoms with Crippen LogP contribution >= 0.6 is 0 Å². The SMILES string of the molecule is CC(C)(C)C1CCCN1.CC(C)C(C)C(C)(C)C.CCC(=O)OCN(C)C(C)(C)C.CCC(C)(C)C.CCCC(C)(C)C.CCCN1CCN(C(C)(C)C)CC1.CCCN1CCN(C(C)(C)C)CC1.CCN(C)C(C)(C)C.CCN(C)C(C)(C)C.CCNC(C)(C)C.CCNC(C)(C)C.CCOC(C)(C)C. The molecule has 2 unspecified atom stereocenters. The van der Waals surface area contributed by atoms with Crippen LogP contribution in [0.4, 0.5) is 0 Å². The summed E-state index contributed by atoms with van der Waals surface area (Å²) in [4.78, 5) is 27.7. The van der Waals surface area contributed by atoms with Crippen molar-refractivity contribution in [3.05, 3.63) is 0 Å². The third kappa shape index (κ3) is 91.9. The number of esters is 1. The van der Waals surface area contributed by atoms with Crippen molar-refractivity contribution >= 4 is 5.97 Å². The molecule has 106 heavy (non-hydrogen) atoms. The zero-order valence-corrected chi connectivity index (χ0v) is 83.8. The van der Waals surface area contributed by atoms with Crippen molar-refractivity contribution in [1.82, 2.24) is 50.2 Å². The summed E-state index contributed by atoms with van der Waals surface area (Å²) in [5.41, 5.74) is 4.14. The Morgan fingerprint density at radius 2 is 0.783 bits per heavy atom. The predicted octanol–water partition coefficient (Wildman–Crippen LogP) is 23.7. The van der Waals surface area contributed by atoms with Crippen LogP contribution in [0, 0.1) is 33.5 Å². The maximum absolute atomic E-state index is 10.8. The van der Waals surface area contributed by atoms with Gasteiger partial charge >= 0.3 is 5.97 Å². The van der Waals surface area contributed by atoms with Crippen LogP contribution in [-0.4, -0.2) is 223 Å². The number of ether oxygens (including phenoxy) is 2. The Bertz CT molecular complexity index is 1750. The second-order valence-corrected chi connectivity index (χ2v) is 43.0. The summed E-state index contributed by atoms with van der Waals surface area (Å²) >= 11 is 0. The minimum absolute atomic E-state index is 0.0496. The first-order chi connectivity index (χ1) is 47.2. The van der Waals surface area contributed by atoms with Gasteiger partial charge in [0.15, 0.2) is 0 Å². The number of hydrogen-bond donors (Lipinski definition) is 3. The van der Waals surface area contributed by atoms with Crippen LogP contribution < -0.4 is 16.0 Å². The minimum Gasteiger partial charge on any atom is -0.449 e. The summed E-state index contributed by atoms with van der Waals surface area (Å²) < 4.78 is 10.2. The molecule has 0 aliphatic carbocycles. The standard InChI is InChI=1S/2C11H24N2.C9H19NO2.C9H20.C8H17N.2C7H17N.C7H16.2C6H15N.C6H14O.C6H14/c2*1-5-6-12-7-9-13(10-8-12)11(2,3)4;1-6-8(11)12-7-10(5)9(2,3)4;1-7(2)8(3)9(4,5)6;1-8(2,3)7-5-4-6-9-7;2*1-6-8(5)7(2,3)4;1-5-6-7(2,3)4;3*1-5-7-6(2,3)4;1-5-6(2,3)4/h2*5-10H2,1-4H3;6-7H2,1-5H3;7-8H,1-6H3;7,9H,4-6H2,1-3H3;2*6H2,1-5H3;5-6H2,1-4H3;2*7H,5H2,1-4H3;5H2,1-4H3;5H2,1-4H3. The maximum atomic E-state index is 10.8. The normalized spacial score (nSPS) is 16.4. The molecule has 0 saturated carbocycles. The molecular weight excluding hydrogens is 1310 g/mol. The van der Waals surface area contributed by atoms with Gasteiger partial charge in [-0.25, -0.2) is 0 Å². The number of hydrogen-bond acceptors (Lipinski definition) is 13. The van der Waals surface area contributed by atoms with Crippen LogP contribution in [-0.2, 0) is 14.3 Å². The first kappa shape index (κ1) is 123. The average Bonchev–Trinajstić information content (AvgIpc) is 0.897. The second-order valence-electron chi connectivity index (χ2n) is 43.0. The van der Waals surface area contributed by atoms with Crippen molar-refractivity contribution < 1.29 is 14.3 Å². The summed E-state index contributed by atoms with van der Waals surface area (Å²) in [6.45, 7) is 127. The maximum Gasteiger partial charge on any atom is 0.306 e. The Labute approximate surface area is 674 Å². The Balaban J connectivity index is -0.000000140. The summed E-state index contributed by atoms with van der Waals surface area (Å²) in [5, 5.41) is 10.1. The molecule has 13 nitrogen and oxygen atoms in total. The fourth-order valence-electron chi connectivity index (χ4n) is 10.00. The highest BCUT2D eigenvalue weighted by atomic mass is 16.5. The third-order valence-electron chi connectivity index (χ3n) is 19.3. The highest BCUT2D eigenvalue weighted by Gasteiger charge is 2.29. The molecule has 3 N–H and O–H groups in total. The van der Waals surface area contributed by atoms with E-state index in [0.29, 0.717) is 68.0 Å². The van der Waals surface area contributed by atoms with E-state index in [1.165, 1.54) is 117 Å². The van der Waals surface area contributed by atoms with Gasteiger partial charge in [-0.2, -0.15) is 0 Å². The molecule has 2 atom stereocenters. The van der Waals surface area contributed by atoms with Crippen molar-refractivity contribution in [3.8, 4) is 0 Å². The van der Waals surface area contributed by atoms with E-state index in [-0.39, 0.29) is 17.1 Å². The fraction of sp³-hybridized carbons (Fsp3) is 0.989. The molecular formula is C93H212N10O3. The Kier molecular flexibility index (Phi) is 71.5. The first-order valence-electron chi connectivity index (χ1n) is 43.3. The molecule has 3 heterocycles. The van der Waals surface area contributed by atoms with E-state index in [2.05, 4.69) is 385 Å². The molecule has 0 aromatic carbocycles. The van der Waals surface area contributed by atoms with E-state index >= 15 is 0 Å². The highest BCUT2D eigenvalue weighted by Crippen LogP contribution is 2.31. The van der Waals surface area contributed by atoms with E-state index in [1.54, 1.807) is 6.92 Å². The molecule has 3 aliphatic heterocycles. The highest BCUT2D eigenvalue weighted by molar-refractivity contribution is 5.68. The van der Waals surface area contributed by atoms with E-state index in [4.69, 9.17) is 9.47 Å². The van der Waals surface area contributed by atoms with Gasteiger partial charge in [-0.1, -0.05) is 179 Å². The van der Waals surface area contributed by atoms with Crippen molar-refractivity contribution in [3.63, 3.8) is 0 Å². The monoisotopic (exact) mass is 1520 g/mol. The van der Waals surface area contributed by atoms with Gasteiger partial charge in [-0.15, -0.1) is 0 Å². The molecule has 3 saturated heterocycles. The van der Waals surface area contributed by atoms with Crippen LogP contribution in [0.2, 0.25) is 0 Å². The summed E-state index contributed by atoms with van der Waals surface area (Å²) in [7, 11) is 6.21. The molecule has 0 aromatic heterocycles. The Morgan fingerprint density at radius 1 is 0.462 bits per heavy atom. The molecule has 0 spiro atoms. The quantitative estimate of drug-likeness (QED) is 0.114. The zero-order valence-electron chi connectivity index (χ0n) is 83.8. The van der Waals surface area contributed by atoms with E-state index in [1.807, 2.05) is 18.9 Å². The summed E-state index contributed by atoms with van der Waals surface area (Å²) in [5.74, 6) is 1.48. The predicted molar refractivity (Wildman–Crippen MR) is 487 cm³/mol. The molecule has 0 aromatic rings. The fourth-order valence-corrected chi connectivity index (χ4v) is 10.00. The van der Waals surface area contributed by atoms with Gasteiger partial charge in [0.2, 0.25) is 0 Å². The molecule has 0 radical (unpaired) electrons. The smallest absolute Gasteiger partial charge is 0.306 e. The van der Waals surface area contributed by atoms with Crippen molar-refractivity contribution in [2.45, 2.75) is 441 Å². The van der Waals surface area contributed by atoms with Gasteiger partial charge in [0.05, 0.1) is 5.60 Å². The topological polar surface area (TPSA) is 94.3 Å². The van der Waals surface area contributed by atoms with Gasteiger partial charge in [0, 0.05) is 110 Å². The second kappa shape index (κ2) is 61.5. The molecule has 3 rings (SSSR count). The molecule has 0 bridgehead atoms. The molecule has 13 heteroatoms. The minimum atomic E-state index is -0.147. The number of piperazine rings is 2. The lowest BCUT2D eigenvalue weighted by Crippen LogP contribution is -2.53. The third-order valence-corrected chi connectivity index (χ3v) is 19.3. The largest absolute Gasteiger partial charge is 0.449 e. The molecule has 3 aliphatic rings. The summed E-state index contributed by atoms with van der Waals surface area (Å²) in [6.07, 6.45) is 9.66. The van der Waals surface area contributed by atoms with Crippen molar-refractivity contribution in [2.24, 2.45) is 33.5 Å². The van der Waals surface area contributed by atoms with Crippen LogP contribution in [0.5, 0.6) is 0 Å². The van der Waals surface area contributed by atoms with Crippen LogP contribution in [0.15, 0.2) is 0 Å². The van der Waals surface area contributed by atoms with Crippen LogP contribution in [0.3, 0.4) is 0 Å². The van der Waals surface area contributed by atoms with Gasteiger partial charge < -0.3 is 45.0 Å². The number of nitrogens with one attached hydrogen (secondary N) is 3. The summed E-state index contributed by atoms with van der Waals surface area (Å²) in [6, 6.07) is 0.762. The lowest BCUT2D eigenvalue weighted by Gasteiger charge is -2.42. The average molecular weight is 1520 g/mol. The van der Waals surface area contributed by atoms with Gasteiger partial charge in [0.25, 0.3) is 0 Å². The van der Waals surface area contributed by atoms with Crippen molar-refractivity contribution in [1.29, 1.82) is 0 Å². The van der Waals surface area contributed by atoms with Crippen LogP contribution in [0.25, 0.3) is 0 Å². The van der Waals surface area contributed by atoms with Gasteiger partial charge in [-0.3, -0.25) is 19.5 Å². The number of carbonyl (C=O) groups excluding carboxylic acids is 1. The van der Waals surface area contributed by atoms with Crippen molar-refractivity contribution in [2.75, 3.05) is 133 Å². The molecule has 3 fully saturated rings. The Hall–Kier alpha value is -0.970. The van der Waals surface area contributed by atoms with E-state index in [0.717, 1.165) is 50.7 Å². The first-order valence-corrected chi connectivity index (χ1v) is 43.3. The molecule has 652 valence electrons. The van der Waals surface area contributed by atoms with Gasteiger partial charge in [-0.05, 0) is 306 Å². The Morgan fingerprint density at radius 3 is 0.887 bits per heavy atom. The zero-order chi connectivity index (χ0) is 86.6. The lowest BCUT2D eigenvalue weighted by atomic mass is 9.76. The van der Waals surface area contributed by atoms with E-state index < -0.39 is 0 Å².